The van der Waals surface area contributed by atoms with Gasteiger partial charge in [0.15, 0.2) is 11.3 Å². The molecule has 0 aliphatic heterocycles. The van der Waals surface area contributed by atoms with Crippen molar-refractivity contribution < 1.29 is 0 Å². The Morgan fingerprint density at radius 1 is 0.694 bits per heavy atom. The molecule has 9 rings (SSSR count). The standard InChI is InChI=1S/C43H34N6/c1-3-4-26-48-40-36(38-42(48)46-24-22-44-38)34(30-14-9-6-10-15-30)35(32-17-11-16-31(27-32)29-12-7-5-8-13-29)37-39-43(47-25-23-45-39)49(41(37)40)33-20-18-28(2)19-21-33/h4-9,11-14,16-27H,3,10,15H2,1-2H3/b26-4+. The molecule has 4 aromatic heterocycles. The Labute approximate surface area is 284 Å². The predicted octanol–water partition coefficient (Wildman–Crippen LogP) is 10.7. The summed E-state index contributed by atoms with van der Waals surface area (Å²) in [5, 5.41) is 2.16. The van der Waals surface area contributed by atoms with Gasteiger partial charge in [0.05, 0.1) is 11.0 Å². The Hall–Kier alpha value is -6.14. The second kappa shape index (κ2) is 11.8. The minimum Gasteiger partial charge on any atom is -0.297 e. The van der Waals surface area contributed by atoms with Crippen LogP contribution in [0.1, 0.15) is 37.3 Å². The molecule has 49 heavy (non-hydrogen) atoms. The molecule has 0 fully saturated rings. The summed E-state index contributed by atoms with van der Waals surface area (Å²) in [7, 11) is 0. The molecule has 6 nitrogen and oxygen atoms in total. The van der Waals surface area contributed by atoms with E-state index in [1.54, 1.807) is 12.4 Å². The second-order valence-electron chi connectivity index (χ2n) is 12.6. The molecule has 0 N–H and O–H groups in total. The van der Waals surface area contributed by atoms with Gasteiger partial charge in [-0.15, -0.1) is 0 Å². The molecular weight excluding hydrogens is 601 g/mol. The molecule has 4 heterocycles. The minimum atomic E-state index is 0.815. The topological polar surface area (TPSA) is 61.4 Å². The lowest BCUT2D eigenvalue weighted by molar-refractivity contribution is 1.06. The highest BCUT2D eigenvalue weighted by Gasteiger charge is 2.30. The maximum absolute atomic E-state index is 5.10. The average Bonchev–Trinajstić information content (AvgIpc) is 3.67. The number of aryl methyl sites for hydroxylation is 1. The van der Waals surface area contributed by atoms with Crippen LogP contribution in [0.2, 0.25) is 0 Å². The molecule has 0 saturated carbocycles. The van der Waals surface area contributed by atoms with Gasteiger partial charge >= 0.3 is 0 Å². The van der Waals surface area contributed by atoms with Crippen molar-refractivity contribution in [3.63, 3.8) is 0 Å². The van der Waals surface area contributed by atoms with Gasteiger partial charge in [0, 0.05) is 53.0 Å². The van der Waals surface area contributed by atoms with Gasteiger partial charge in [0.2, 0.25) is 0 Å². The quantitative estimate of drug-likeness (QED) is 0.183. The Morgan fingerprint density at radius 2 is 1.39 bits per heavy atom. The molecule has 1 aliphatic rings. The average molecular weight is 635 g/mol. The fourth-order valence-corrected chi connectivity index (χ4v) is 7.41. The van der Waals surface area contributed by atoms with E-state index in [4.69, 9.17) is 19.9 Å². The third-order valence-electron chi connectivity index (χ3n) is 9.56. The molecule has 6 heteroatoms. The lowest BCUT2D eigenvalue weighted by atomic mass is 9.84. The molecule has 0 unspecified atom stereocenters. The highest BCUT2D eigenvalue weighted by molar-refractivity contribution is 6.30. The zero-order valence-electron chi connectivity index (χ0n) is 27.5. The van der Waals surface area contributed by atoms with Crippen molar-refractivity contribution in [2.45, 2.75) is 33.1 Å². The molecule has 1 aliphatic carbocycles. The zero-order valence-corrected chi connectivity index (χ0v) is 27.5. The lowest BCUT2D eigenvalue weighted by Crippen LogP contribution is -2.01. The van der Waals surface area contributed by atoms with E-state index in [0.29, 0.717) is 0 Å². The summed E-state index contributed by atoms with van der Waals surface area (Å²) in [6.07, 6.45) is 21.1. The number of fused-ring (bicyclic) bond motifs is 7. The molecule has 0 saturated heterocycles. The van der Waals surface area contributed by atoms with E-state index in [9.17, 15) is 0 Å². The third-order valence-corrected chi connectivity index (χ3v) is 9.56. The van der Waals surface area contributed by atoms with Gasteiger partial charge in [-0.1, -0.05) is 97.5 Å². The molecular formula is C43H34N6. The van der Waals surface area contributed by atoms with E-state index >= 15 is 0 Å². The molecule has 236 valence electrons. The summed E-state index contributed by atoms with van der Waals surface area (Å²) in [5.41, 5.74) is 14.8. The molecule has 0 spiro atoms. The number of aromatic nitrogens is 6. The smallest absolute Gasteiger partial charge is 0.164 e. The molecule has 0 radical (unpaired) electrons. The number of hydrogen-bond donors (Lipinski definition) is 0. The van der Waals surface area contributed by atoms with E-state index in [-0.39, 0.29) is 0 Å². The Kier molecular flexibility index (Phi) is 7.01. The number of hydrogen-bond acceptors (Lipinski definition) is 4. The van der Waals surface area contributed by atoms with Crippen LogP contribution < -0.4 is 0 Å². The first-order valence-corrected chi connectivity index (χ1v) is 16.9. The lowest BCUT2D eigenvalue weighted by Gasteiger charge is -2.20. The first-order valence-electron chi connectivity index (χ1n) is 16.9. The SMILES string of the molecule is CC/C=C/n1c2nccnc2c2c(C3=CC=CCC3)c(-c3cccc(-c4ccccc4)c3)c3c4nccnc4n(-c4ccc(C)cc4)c3c21. The highest BCUT2D eigenvalue weighted by atomic mass is 15.1. The van der Waals surface area contributed by atoms with E-state index in [0.717, 1.165) is 85.8 Å². The zero-order chi connectivity index (χ0) is 32.9. The Balaban J connectivity index is 1.58. The van der Waals surface area contributed by atoms with Gasteiger partial charge < -0.3 is 0 Å². The van der Waals surface area contributed by atoms with Gasteiger partial charge in [-0.3, -0.25) is 19.1 Å². The fourth-order valence-electron chi connectivity index (χ4n) is 7.41. The van der Waals surface area contributed by atoms with Gasteiger partial charge in [0.1, 0.15) is 11.0 Å². The van der Waals surface area contributed by atoms with Crippen LogP contribution in [0.5, 0.6) is 0 Å². The van der Waals surface area contributed by atoms with Crippen LogP contribution in [0, 0.1) is 6.92 Å². The van der Waals surface area contributed by atoms with Gasteiger partial charge in [0.25, 0.3) is 0 Å². The summed E-state index contributed by atoms with van der Waals surface area (Å²) < 4.78 is 4.53. The largest absolute Gasteiger partial charge is 0.297 e. The summed E-state index contributed by atoms with van der Waals surface area (Å²) in [4.78, 5) is 20.2. The van der Waals surface area contributed by atoms with Crippen LogP contribution >= 0.6 is 0 Å². The number of rotatable bonds is 6. The Bertz CT molecular complexity index is 2640. The van der Waals surface area contributed by atoms with Crippen molar-refractivity contribution >= 4 is 55.9 Å². The Morgan fingerprint density at radius 3 is 2.14 bits per heavy atom. The van der Waals surface area contributed by atoms with Gasteiger partial charge in [-0.2, -0.15) is 0 Å². The van der Waals surface area contributed by atoms with Crippen LogP contribution in [-0.2, 0) is 0 Å². The second-order valence-corrected chi connectivity index (χ2v) is 12.6. The van der Waals surface area contributed by atoms with Crippen molar-refractivity contribution in [3.8, 4) is 27.9 Å². The number of nitrogens with zero attached hydrogens (tertiary/aromatic N) is 6. The van der Waals surface area contributed by atoms with Crippen molar-refractivity contribution in [2.75, 3.05) is 0 Å². The van der Waals surface area contributed by atoms with Gasteiger partial charge in [-0.05, 0) is 72.2 Å². The van der Waals surface area contributed by atoms with Crippen molar-refractivity contribution in [2.24, 2.45) is 0 Å². The summed E-state index contributed by atoms with van der Waals surface area (Å²) in [6.45, 7) is 4.28. The molecule has 0 atom stereocenters. The first kappa shape index (κ1) is 29.0. The maximum atomic E-state index is 5.10. The van der Waals surface area contributed by atoms with E-state index in [1.165, 1.54) is 22.3 Å². The summed E-state index contributed by atoms with van der Waals surface area (Å²) >= 11 is 0. The monoisotopic (exact) mass is 634 g/mol. The normalized spacial score (nSPS) is 13.4. The van der Waals surface area contributed by atoms with E-state index < -0.39 is 0 Å². The van der Waals surface area contributed by atoms with Crippen LogP contribution in [0.25, 0.3) is 83.8 Å². The van der Waals surface area contributed by atoms with Crippen molar-refractivity contribution in [1.29, 1.82) is 0 Å². The van der Waals surface area contributed by atoms with Crippen LogP contribution in [0.15, 0.2) is 128 Å². The summed E-state index contributed by atoms with van der Waals surface area (Å²) in [5.74, 6) is 0. The number of allylic oxidation sites excluding steroid dienone is 5. The van der Waals surface area contributed by atoms with E-state index in [2.05, 4.69) is 132 Å². The highest BCUT2D eigenvalue weighted by Crippen LogP contribution is 2.50. The third kappa shape index (κ3) is 4.63. The first-order chi connectivity index (χ1) is 24.2. The molecule has 0 bridgehead atoms. The van der Waals surface area contributed by atoms with Crippen LogP contribution in [0.4, 0.5) is 0 Å². The molecule has 8 aromatic rings. The minimum absolute atomic E-state index is 0.815. The van der Waals surface area contributed by atoms with Crippen molar-refractivity contribution in [1.82, 2.24) is 29.1 Å². The van der Waals surface area contributed by atoms with E-state index in [1.807, 2.05) is 12.4 Å². The predicted molar refractivity (Wildman–Crippen MR) is 203 cm³/mol. The molecule has 0 amide bonds. The van der Waals surface area contributed by atoms with Crippen LogP contribution in [0.3, 0.4) is 0 Å². The van der Waals surface area contributed by atoms with Gasteiger partial charge in [-0.25, -0.2) is 9.97 Å². The maximum Gasteiger partial charge on any atom is 0.164 e. The van der Waals surface area contributed by atoms with Crippen molar-refractivity contribution in [3.05, 3.63) is 139 Å². The summed E-state index contributed by atoms with van der Waals surface area (Å²) in [6, 6.07) is 28.2. The fraction of sp³-hybridized carbons (Fsp3) is 0.116. The molecule has 4 aromatic carbocycles. The van der Waals surface area contributed by atoms with Crippen LogP contribution in [-0.4, -0.2) is 29.1 Å². The number of benzene rings is 4.